The first-order valence-corrected chi connectivity index (χ1v) is 10.5. The molecule has 164 valence electrons. The van der Waals surface area contributed by atoms with Crippen LogP contribution in [0.5, 0.6) is 0 Å². The Morgan fingerprint density at radius 1 is 1.26 bits per heavy atom. The minimum atomic E-state index is -0.988. The predicted octanol–water partition coefficient (Wildman–Crippen LogP) is 2.54. The highest BCUT2D eigenvalue weighted by molar-refractivity contribution is 6.14. The lowest BCUT2D eigenvalue weighted by Gasteiger charge is -2.51. The molecule has 1 fully saturated rings. The fourth-order valence-electron chi connectivity index (χ4n) is 6.28. The molecular weight excluding hydrogens is 404 g/mol. The molecule has 1 aliphatic heterocycles. The number of hydrogen-bond donors (Lipinski definition) is 0. The molecule has 4 aliphatic rings. The van der Waals surface area contributed by atoms with Crippen molar-refractivity contribution in [2.45, 2.75) is 57.7 Å². The molecule has 0 spiro atoms. The number of furan rings is 1. The average Bonchev–Trinajstić information content (AvgIpc) is 3.27. The van der Waals surface area contributed by atoms with Gasteiger partial charge in [-0.3, -0.25) is 14.4 Å². The molecule has 5 atom stereocenters. The van der Waals surface area contributed by atoms with E-state index in [2.05, 4.69) is 0 Å². The van der Waals surface area contributed by atoms with Gasteiger partial charge in [0.2, 0.25) is 5.78 Å². The van der Waals surface area contributed by atoms with E-state index in [9.17, 15) is 19.2 Å². The lowest BCUT2D eigenvalue weighted by Crippen LogP contribution is -2.57. The van der Waals surface area contributed by atoms with Gasteiger partial charge in [0.1, 0.15) is 29.8 Å². The molecule has 1 aromatic rings. The molecule has 0 saturated heterocycles. The molecule has 31 heavy (non-hydrogen) atoms. The van der Waals surface area contributed by atoms with Crippen LogP contribution < -0.4 is 0 Å². The summed E-state index contributed by atoms with van der Waals surface area (Å²) in [5.41, 5.74) is -0.0741. The maximum absolute atomic E-state index is 13.7. The van der Waals surface area contributed by atoms with E-state index in [1.165, 1.54) is 20.3 Å². The molecule has 0 aromatic carbocycles. The Morgan fingerprint density at radius 3 is 2.68 bits per heavy atom. The van der Waals surface area contributed by atoms with Gasteiger partial charge in [-0.2, -0.15) is 0 Å². The molecule has 1 saturated carbocycles. The molecule has 1 aromatic heterocycles. The number of esters is 2. The Labute approximate surface area is 178 Å². The van der Waals surface area contributed by atoms with E-state index >= 15 is 0 Å². The molecule has 3 aliphatic carbocycles. The van der Waals surface area contributed by atoms with E-state index in [1.54, 1.807) is 0 Å². The average molecular weight is 428 g/mol. The summed E-state index contributed by atoms with van der Waals surface area (Å²) in [6.45, 7) is 5.11. The number of allylic oxidation sites excluding steroid dienone is 1. The van der Waals surface area contributed by atoms with Gasteiger partial charge in [-0.25, -0.2) is 4.79 Å². The Bertz CT molecular complexity index is 1080. The van der Waals surface area contributed by atoms with Gasteiger partial charge in [-0.15, -0.1) is 0 Å². The van der Waals surface area contributed by atoms with Crippen molar-refractivity contribution in [1.82, 2.24) is 0 Å². The maximum Gasteiger partial charge on any atom is 0.342 e. The largest absolute Gasteiger partial charge is 0.460 e. The smallest absolute Gasteiger partial charge is 0.342 e. The zero-order valence-corrected chi connectivity index (χ0v) is 17.9. The van der Waals surface area contributed by atoms with E-state index in [4.69, 9.17) is 18.6 Å². The van der Waals surface area contributed by atoms with Crippen LogP contribution in [0.1, 0.15) is 66.5 Å². The maximum atomic E-state index is 13.7. The van der Waals surface area contributed by atoms with Crippen LogP contribution in [0.15, 0.2) is 21.8 Å². The summed E-state index contributed by atoms with van der Waals surface area (Å²) in [5, 5.41) is 0. The minimum absolute atomic E-state index is 0.0635. The zero-order valence-electron chi connectivity index (χ0n) is 17.9. The van der Waals surface area contributed by atoms with E-state index in [0.717, 1.165) is 0 Å². The first-order valence-electron chi connectivity index (χ1n) is 10.5. The number of ether oxygens (including phenoxy) is 3. The molecule has 8 heteroatoms. The highest BCUT2D eigenvalue weighted by atomic mass is 16.6. The first-order chi connectivity index (χ1) is 14.6. The number of methoxy groups -OCH3 is 1. The van der Waals surface area contributed by atoms with Crippen molar-refractivity contribution in [3.63, 3.8) is 0 Å². The van der Waals surface area contributed by atoms with Crippen molar-refractivity contribution in [3.05, 3.63) is 34.3 Å². The fraction of sp³-hybridized carbons (Fsp3) is 0.565. The van der Waals surface area contributed by atoms with Crippen LogP contribution in [-0.2, 0) is 29.2 Å². The standard InChI is InChI=1S/C23H24O8/c1-10(24)30-13-7-22(2)12(5-6-14(22)25)16-18(13)23(3)15(9-28-4)31-21(27)11-8-29-20(17(11)23)19(16)26/h8,12-13,15H,5-7,9H2,1-4H3/t12-,13+,15+,22?,23?/m0/s1. The summed E-state index contributed by atoms with van der Waals surface area (Å²) >= 11 is 0. The summed E-state index contributed by atoms with van der Waals surface area (Å²) in [6.07, 6.45) is 0.906. The summed E-state index contributed by atoms with van der Waals surface area (Å²) in [6, 6.07) is 0. The minimum Gasteiger partial charge on any atom is -0.460 e. The third-order valence-corrected chi connectivity index (χ3v) is 7.70. The van der Waals surface area contributed by atoms with Crippen LogP contribution in [0.2, 0.25) is 0 Å². The Hall–Kier alpha value is -2.74. The number of rotatable bonds is 3. The number of cyclic esters (lactones) is 1. The molecule has 0 radical (unpaired) electrons. The van der Waals surface area contributed by atoms with Gasteiger partial charge in [0, 0.05) is 49.3 Å². The van der Waals surface area contributed by atoms with Crippen LogP contribution in [-0.4, -0.2) is 49.4 Å². The lowest BCUT2D eigenvalue weighted by molar-refractivity contribution is -0.149. The van der Waals surface area contributed by atoms with Crippen molar-refractivity contribution in [2.75, 3.05) is 13.7 Å². The fourth-order valence-corrected chi connectivity index (χ4v) is 6.28. The van der Waals surface area contributed by atoms with Gasteiger partial charge in [-0.05, 0) is 18.9 Å². The van der Waals surface area contributed by atoms with Crippen LogP contribution >= 0.6 is 0 Å². The number of hydrogen-bond acceptors (Lipinski definition) is 8. The third-order valence-electron chi connectivity index (χ3n) is 7.70. The molecular formula is C23H24O8. The monoisotopic (exact) mass is 428 g/mol. The Morgan fingerprint density at radius 2 is 2.00 bits per heavy atom. The number of Topliss-reactive ketones (excluding diaryl/α,β-unsaturated/α-hetero) is 2. The first kappa shape index (κ1) is 20.2. The summed E-state index contributed by atoms with van der Waals surface area (Å²) in [5.74, 6) is -1.58. The highest BCUT2D eigenvalue weighted by Gasteiger charge is 2.64. The number of carbonyl (C=O) groups is 4. The lowest BCUT2D eigenvalue weighted by atomic mass is 9.54. The van der Waals surface area contributed by atoms with E-state index in [-0.39, 0.29) is 41.8 Å². The van der Waals surface area contributed by atoms with Crippen molar-refractivity contribution in [1.29, 1.82) is 0 Å². The molecule has 0 N–H and O–H groups in total. The number of fused-ring (bicyclic) bond motifs is 3. The van der Waals surface area contributed by atoms with Gasteiger partial charge >= 0.3 is 11.9 Å². The quantitative estimate of drug-likeness (QED) is 0.676. The Balaban J connectivity index is 1.82. The van der Waals surface area contributed by atoms with Gasteiger partial charge in [-0.1, -0.05) is 6.92 Å². The van der Waals surface area contributed by atoms with Crippen LogP contribution in [0.25, 0.3) is 0 Å². The number of ketones is 2. The van der Waals surface area contributed by atoms with Crippen molar-refractivity contribution < 1.29 is 37.8 Å². The summed E-state index contributed by atoms with van der Waals surface area (Å²) in [4.78, 5) is 51.2. The Kier molecular flexibility index (Phi) is 4.16. The van der Waals surface area contributed by atoms with E-state index in [1.807, 2.05) is 13.8 Å². The van der Waals surface area contributed by atoms with Gasteiger partial charge in [0.15, 0.2) is 5.76 Å². The topological polar surface area (TPSA) is 109 Å². The van der Waals surface area contributed by atoms with E-state index in [0.29, 0.717) is 29.6 Å². The van der Waals surface area contributed by atoms with Crippen molar-refractivity contribution in [3.8, 4) is 0 Å². The van der Waals surface area contributed by atoms with Crippen molar-refractivity contribution >= 4 is 23.5 Å². The van der Waals surface area contributed by atoms with Gasteiger partial charge in [0.05, 0.1) is 12.0 Å². The predicted molar refractivity (Wildman–Crippen MR) is 105 cm³/mol. The summed E-state index contributed by atoms with van der Waals surface area (Å²) < 4.78 is 22.4. The molecule has 0 bridgehead atoms. The SMILES string of the molecule is COC[C@H]1OC(=O)c2coc3c2C1(C)C1=C(C3=O)[C@@H]2CCC(=O)C2(C)C[C@H]1OC(C)=O. The normalized spacial score (nSPS) is 36.0. The van der Waals surface area contributed by atoms with Crippen LogP contribution in [0.4, 0.5) is 0 Å². The second kappa shape index (κ2) is 6.38. The highest BCUT2D eigenvalue weighted by Crippen LogP contribution is 2.61. The number of carbonyl (C=O) groups excluding carboxylic acids is 4. The summed E-state index contributed by atoms with van der Waals surface area (Å²) in [7, 11) is 1.50. The second-order valence-electron chi connectivity index (χ2n) is 9.30. The van der Waals surface area contributed by atoms with Crippen LogP contribution in [0.3, 0.4) is 0 Å². The van der Waals surface area contributed by atoms with Gasteiger partial charge in [0.25, 0.3) is 0 Å². The van der Waals surface area contributed by atoms with Crippen molar-refractivity contribution in [2.24, 2.45) is 11.3 Å². The molecule has 2 unspecified atom stereocenters. The molecule has 5 rings (SSSR count). The zero-order chi connectivity index (χ0) is 22.3. The van der Waals surface area contributed by atoms with E-state index < -0.39 is 35.0 Å². The third kappa shape index (κ3) is 2.39. The van der Waals surface area contributed by atoms with Gasteiger partial charge < -0.3 is 18.6 Å². The molecule has 2 heterocycles. The molecule has 0 amide bonds. The molecule has 8 nitrogen and oxygen atoms in total. The second-order valence-corrected chi connectivity index (χ2v) is 9.30. The van der Waals surface area contributed by atoms with Crippen LogP contribution in [0, 0.1) is 11.3 Å².